The van der Waals surface area contributed by atoms with Crippen molar-refractivity contribution in [1.29, 1.82) is 0 Å². The fraction of sp³-hybridized carbons (Fsp3) is 0.471. The summed E-state index contributed by atoms with van der Waals surface area (Å²) in [6.45, 7) is 2.03. The monoisotopic (exact) mass is 301 g/mol. The third kappa shape index (κ3) is 2.81. The first-order chi connectivity index (χ1) is 10.6. The first-order valence-corrected chi connectivity index (χ1v) is 7.71. The van der Waals surface area contributed by atoms with E-state index in [9.17, 15) is 4.79 Å². The summed E-state index contributed by atoms with van der Waals surface area (Å²) in [7, 11) is 5.67. The van der Waals surface area contributed by atoms with E-state index in [0.717, 1.165) is 42.6 Å². The van der Waals surface area contributed by atoms with Gasteiger partial charge in [-0.25, -0.2) is 0 Å². The number of aromatic nitrogens is 1. The van der Waals surface area contributed by atoms with Crippen LogP contribution in [0.1, 0.15) is 23.3 Å². The summed E-state index contributed by atoms with van der Waals surface area (Å²) in [5.41, 5.74) is 1.70. The molecule has 1 unspecified atom stereocenters. The number of carbonyl (C=O) groups excluding carboxylic acids is 1. The van der Waals surface area contributed by atoms with Crippen molar-refractivity contribution < 1.29 is 9.53 Å². The predicted molar refractivity (Wildman–Crippen MR) is 87.5 cm³/mol. The molecule has 5 nitrogen and oxygen atoms in total. The van der Waals surface area contributed by atoms with Crippen LogP contribution in [0.25, 0.3) is 10.9 Å². The molecule has 1 aromatic heterocycles. The fourth-order valence-electron chi connectivity index (χ4n) is 3.20. The molecule has 1 aliphatic rings. The Morgan fingerprint density at radius 2 is 2.14 bits per heavy atom. The molecule has 5 heteroatoms. The van der Waals surface area contributed by atoms with Gasteiger partial charge in [-0.1, -0.05) is 0 Å². The number of ether oxygens (including phenoxy) is 1. The Balaban J connectivity index is 1.83. The van der Waals surface area contributed by atoms with Crippen LogP contribution in [-0.4, -0.2) is 48.7 Å². The number of hydrogen-bond donors (Lipinski definition) is 1. The number of rotatable bonds is 3. The lowest BCUT2D eigenvalue weighted by Crippen LogP contribution is -2.46. The largest absolute Gasteiger partial charge is 0.497 e. The zero-order chi connectivity index (χ0) is 15.7. The Bertz CT molecular complexity index is 693. The molecule has 1 aliphatic heterocycles. The Hall–Kier alpha value is -2.01. The molecule has 2 heterocycles. The number of piperidine rings is 1. The highest BCUT2D eigenvalue weighted by Crippen LogP contribution is 2.24. The first-order valence-electron chi connectivity index (χ1n) is 7.71. The van der Waals surface area contributed by atoms with Gasteiger partial charge in [0.2, 0.25) is 0 Å². The predicted octanol–water partition coefficient (Wildman–Crippen LogP) is 2.01. The molecule has 1 fully saturated rings. The molecule has 0 bridgehead atoms. The lowest BCUT2D eigenvalue weighted by Gasteiger charge is -2.30. The molecule has 0 aliphatic carbocycles. The van der Waals surface area contributed by atoms with Gasteiger partial charge in [-0.05, 0) is 44.6 Å². The van der Waals surface area contributed by atoms with Crippen molar-refractivity contribution >= 4 is 16.8 Å². The van der Waals surface area contributed by atoms with Gasteiger partial charge in [-0.2, -0.15) is 0 Å². The molecule has 2 aromatic rings. The molecule has 3 rings (SSSR count). The number of nitrogens with zero attached hydrogens (tertiary/aromatic N) is 2. The first kappa shape index (κ1) is 14.9. The Morgan fingerprint density at radius 3 is 2.86 bits per heavy atom. The summed E-state index contributed by atoms with van der Waals surface area (Å²) in [5, 5.41) is 4.21. The maximum absolute atomic E-state index is 12.6. The summed E-state index contributed by atoms with van der Waals surface area (Å²) in [4.78, 5) is 14.8. The summed E-state index contributed by atoms with van der Waals surface area (Å²) in [6, 6.07) is 8.04. The molecule has 0 saturated carbocycles. The van der Waals surface area contributed by atoms with Gasteiger partial charge in [0.25, 0.3) is 5.91 Å². The van der Waals surface area contributed by atoms with E-state index in [2.05, 4.69) is 17.3 Å². The second-order valence-electron chi connectivity index (χ2n) is 6.09. The number of methoxy groups -OCH3 is 1. The van der Waals surface area contributed by atoms with Gasteiger partial charge in [-0.3, -0.25) is 4.79 Å². The number of fused-ring (bicyclic) bond motifs is 1. The number of nitrogens with one attached hydrogen (secondary N) is 1. The maximum Gasteiger partial charge on any atom is 0.268 e. The van der Waals surface area contributed by atoms with Gasteiger partial charge in [0.15, 0.2) is 0 Å². The van der Waals surface area contributed by atoms with Gasteiger partial charge in [0, 0.05) is 31.1 Å². The van der Waals surface area contributed by atoms with Crippen molar-refractivity contribution in [2.24, 2.45) is 7.05 Å². The highest BCUT2D eigenvalue weighted by molar-refractivity contribution is 5.99. The van der Waals surface area contributed by atoms with Crippen LogP contribution in [0.2, 0.25) is 0 Å². The number of aryl methyl sites for hydroxylation is 1. The minimum Gasteiger partial charge on any atom is -0.497 e. The molecular weight excluding hydrogens is 278 g/mol. The second kappa shape index (κ2) is 6.01. The van der Waals surface area contributed by atoms with Crippen LogP contribution < -0.4 is 10.1 Å². The summed E-state index contributed by atoms with van der Waals surface area (Å²) >= 11 is 0. The van der Waals surface area contributed by atoms with Crippen molar-refractivity contribution in [1.82, 2.24) is 14.8 Å². The molecular formula is C17H23N3O2. The van der Waals surface area contributed by atoms with Gasteiger partial charge in [0.1, 0.15) is 11.4 Å². The van der Waals surface area contributed by atoms with Crippen molar-refractivity contribution in [3.05, 3.63) is 30.0 Å². The van der Waals surface area contributed by atoms with Crippen LogP contribution in [0, 0.1) is 0 Å². The van der Waals surface area contributed by atoms with Gasteiger partial charge >= 0.3 is 0 Å². The Morgan fingerprint density at radius 1 is 1.32 bits per heavy atom. The molecule has 118 valence electrons. The number of carbonyl (C=O) groups is 1. The van der Waals surface area contributed by atoms with E-state index in [1.807, 2.05) is 35.9 Å². The lowest BCUT2D eigenvalue weighted by molar-refractivity contribution is 0.0904. The average molecular weight is 301 g/mol. The van der Waals surface area contributed by atoms with Crippen molar-refractivity contribution in [3.8, 4) is 5.75 Å². The van der Waals surface area contributed by atoms with Crippen LogP contribution in [0.15, 0.2) is 24.3 Å². The highest BCUT2D eigenvalue weighted by Gasteiger charge is 2.21. The van der Waals surface area contributed by atoms with Crippen LogP contribution in [-0.2, 0) is 7.05 Å². The molecule has 1 amide bonds. The zero-order valence-electron chi connectivity index (χ0n) is 13.4. The van der Waals surface area contributed by atoms with Crippen LogP contribution >= 0.6 is 0 Å². The van der Waals surface area contributed by atoms with Gasteiger partial charge in [0.05, 0.1) is 12.6 Å². The quantitative estimate of drug-likeness (QED) is 0.943. The smallest absolute Gasteiger partial charge is 0.268 e. The zero-order valence-corrected chi connectivity index (χ0v) is 13.4. The molecule has 1 aromatic carbocycles. The highest BCUT2D eigenvalue weighted by atomic mass is 16.5. The number of likely N-dealkylation sites (N-methyl/N-ethyl adjacent to an activating group) is 1. The number of amides is 1. The lowest BCUT2D eigenvalue weighted by atomic mass is 10.1. The van der Waals surface area contributed by atoms with E-state index in [1.165, 1.54) is 0 Å². The average Bonchev–Trinajstić information content (AvgIpc) is 2.84. The van der Waals surface area contributed by atoms with E-state index in [4.69, 9.17) is 4.74 Å². The van der Waals surface area contributed by atoms with Crippen LogP contribution in [0.3, 0.4) is 0 Å². The standard InChI is InChI=1S/C17H23N3O2/c1-19-8-4-5-13(11-19)18-17(21)16-9-12-6-7-14(22-3)10-15(12)20(16)2/h6-7,9-10,13H,4-5,8,11H2,1-3H3,(H,18,21). The van der Waals surface area contributed by atoms with E-state index in [-0.39, 0.29) is 11.9 Å². The summed E-state index contributed by atoms with van der Waals surface area (Å²) in [5.74, 6) is 0.799. The van der Waals surface area contributed by atoms with Gasteiger partial charge in [-0.15, -0.1) is 0 Å². The topological polar surface area (TPSA) is 46.5 Å². The summed E-state index contributed by atoms with van der Waals surface area (Å²) in [6.07, 6.45) is 2.18. The molecule has 1 N–H and O–H groups in total. The fourth-order valence-corrected chi connectivity index (χ4v) is 3.20. The Labute approximate surface area is 130 Å². The van der Waals surface area contributed by atoms with Crippen LogP contribution in [0.4, 0.5) is 0 Å². The SMILES string of the molecule is COc1ccc2cc(C(=O)NC3CCCN(C)C3)n(C)c2c1. The van der Waals surface area contributed by atoms with Gasteiger partial charge < -0.3 is 19.5 Å². The van der Waals surface area contributed by atoms with E-state index in [1.54, 1.807) is 7.11 Å². The third-order valence-corrected chi connectivity index (χ3v) is 4.44. The maximum atomic E-state index is 12.6. The minimum atomic E-state index is -0.00188. The number of benzene rings is 1. The molecule has 0 radical (unpaired) electrons. The molecule has 22 heavy (non-hydrogen) atoms. The second-order valence-corrected chi connectivity index (χ2v) is 6.09. The van der Waals surface area contributed by atoms with Crippen molar-refractivity contribution in [2.75, 3.05) is 27.2 Å². The van der Waals surface area contributed by atoms with E-state index in [0.29, 0.717) is 5.69 Å². The van der Waals surface area contributed by atoms with E-state index >= 15 is 0 Å². The number of hydrogen-bond acceptors (Lipinski definition) is 3. The van der Waals surface area contributed by atoms with E-state index < -0.39 is 0 Å². The van der Waals surface area contributed by atoms with Crippen molar-refractivity contribution in [2.45, 2.75) is 18.9 Å². The molecule has 1 saturated heterocycles. The normalized spacial score (nSPS) is 19.3. The third-order valence-electron chi connectivity index (χ3n) is 4.44. The van der Waals surface area contributed by atoms with Crippen LogP contribution in [0.5, 0.6) is 5.75 Å². The Kier molecular flexibility index (Phi) is 4.07. The molecule has 0 spiro atoms. The van der Waals surface area contributed by atoms with Crippen molar-refractivity contribution in [3.63, 3.8) is 0 Å². The number of likely N-dealkylation sites (tertiary alicyclic amines) is 1. The molecule has 1 atom stereocenters. The minimum absolute atomic E-state index is 0.00188. The summed E-state index contributed by atoms with van der Waals surface area (Å²) < 4.78 is 7.19.